The number of hydrogen-bond donors (Lipinski definition) is 2. The molecule has 0 aliphatic heterocycles. The molecule has 1 atom stereocenters. The summed E-state index contributed by atoms with van der Waals surface area (Å²) in [6, 6.07) is 2.97. The van der Waals surface area contributed by atoms with Crippen molar-refractivity contribution in [2.45, 2.75) is 32.9 Å². The number of carbonyl (C=O) groups excluding carboxylic acids is 3. The van der Waals surface area contributed by atoms with Gasteiger partial charge < -0.3 is 15.0 Å². The normalized spacial score (nSPS) is 11.5. The summed E-state index contributed by atoms with van der Waals surface area (Å²) in [5.41, 5.74) is -0.0193. The summed E-state index contributed by atoms with van der Waals surface area (Å²) in [6.07, 6.45) is -1.26. The van der Waals surface area contributed by atoms with Crippen molar-refractivity contribution in [1.82, 2.24) is 10.6 Å². The van der Waals surface area contributed by atoms with Gasteiger partial charge >= 0.3 is 12.0 Å². The van der Waals surface area contributed by atoms with Crippen LogP contribution in [0, 0.1) is 10.1 Å². The van der Waals surface area contributed by atoms with E-state index >= 15 is 0 Å². The number of carbonyl (C=O) groups is 3. The van der Waals surface area contributed by atoms with Crippen molar-refractivity contribution in [3.8, 4) is 0 Å². The molecule has 1 aromatic carbocycles. The summed E-state index contributed by atoms with van der Waals surface area (Å²) in [5, 5.41) is 15.7. The van der Waals surface area contributed by atoms with Gasteiger partial charge in [0.25, 0.3) is 11.6 Å². The zero-order valence-corrected chi connectivity index (χ0v) is 15.2. The highest BCUT2D eigenvalue weighted by molar-refractivity contribution is 5.98. The van der Waals surface area contributed by atoms with Crippen LogP contribution in [0.15, 0.2) is 18.2 Å². The third-order valence-electron chi connectivity index (χ3n) is 3.20. The van der Waals surface area contributed by atoms with Crippen molar-refractivity contribution in [2.75, 3.05) is 19.0 Å². The number of rotatable bonds is 6. The van der Waals surface area contributed by atoms with E-state index in [2.05, 4.69) is 5.32 Å². The largest absolute Gasteiger partial charge is 0.449 e. The van der Waals surface area contributed by atoms with E-state index in [0.717, 1.165) is 6.07 Å². The molecule has 142 valence electrons. The van der Waals surface area contributed by atoms with Gasteiger partial charge in [-0.15, -0.1) is 0 Å². The van der Waals surface area contributed by atoms with Gasteiger partial charge in [0, 0.05) is 26.2 Å². The molecule has 10 heteroatoms. The number of imide groups is 1. The minimum Gasteiger partial charge on any atom is -0.449 e. The Balaban J connectivity index is 2.84. The molecular weight excluding hydrogens is 344 g/mol. The molecule has 0 heterocycles. The Morgan fingerprint density at radius 2 is 1.81 bits per heavy atom. The number of anilines is 1. The van der Waals surface area contributed by atoms with E-state index in [-0.39, 0.29) is 17.3 Å². The molecule has 2 N–H and O–H groups in total. The van der Waals surface area contributed by atoms with E-state index in [9.17, 15) is 24.5 Å². The second-order valence-corrected chi connectivity index (χ2v) is 6.02. The van der Waals surface area contributed by atoms with Crippen molar-refractivity contribution >= 4 is 29.3 Å². The lowest BCUT2D eigenvalue weighted by atomic mass is 10.1. The molecule has 10 nitrogen and oxygen atoms in total. The molecule has 26 heavy (non-hydrogen) atoms. The molecule has 1 rings (SSSR count). The van der Waals surface area contributed by atoms with E-state index < -0.39 is 28.9 Å². The number of nitro groups is 1. The van der Waals surface area contributed by atoms with Gasteiger partial charge in [0.1, 0.15) is 5.69 Å². The Morgan fingerprint density at radius 1 is 1.19 bits per heavy atom. The second-order valence-electron chi connectivity index (χ2n) is 6.02. The van der Waals surface area contributed by atoms with E-state index in [1.54, 1.807) is 27.9 Å². The number of urea groups is 1. The third kappa shape index (κ3) is 5.72. The van der Waals surface area contributed by atoms with Crippen LogP contribution in [0.3, 0.4) is 0 Å². The number of amides is 3. The van der Waals surface area contributed by atoms with E-state index in [0.29, 0.717) is 5.69 Å². The molecule has 0 bridgehead atoms. The van der Waals surface area contributed by atoms with Gasteiger partial charge in [-0.1, -0.05) is 0 Å². The average molecular weight is 366 g/mol. The first-order chi connectivity index (χ1) is 12.0. The van der Waals surface area contributed by atoms with Gasteiger partial charge in [0.15, 0.2) is 6.10 Å². The Labute approximate surface area is 150 Å². The lowest BCUT2D eigenvalue weighted by Gasteiger charge is -2.15. The highest BCUT2D eigenvalue weighted by atomic mass is 16.6. The molecule has 0 spiro atoms. The lowest BCUT2D eigenvalue weighted by molar-refractivity contribution is -0.384. The number of nitro benzene ring substituents is 1. The molecular formula is C16H22N4O6. The van der Waals surface area contributed by atoms with Crippen molar-refractivity contribution in [3.63, 3.8) is 0 Å². The Hall–Kier alpha value is -3.17. The van der Waals surface area contributed by atoms with Crippen molar-refractivity contribution in [3.05, 3.63) is 33.9 Å². The maximum atomic E-state index is 12.1. The number of nitrogens with zero attached hydrogens (tertiary/aromatic N) is 2. The molecule has 0 fully saturated rings. The Bertz CT molecular complexity index is 717. The van der Waals surface area contributed by atoms with Crippen LogP contribution in [0.5, 0.6) is 0 Å². The van der Waals surface area contributed by atoms with Gasteiger partial charge in [-0.05, 0) is 32.9 Å². The maximum Gasteiger partial charge on any atom is 0.339 e. The van der Waals surface area contributed by atoms with E-state index in [4.69, 9.17) is 4.74 Å². The first-order valence-corrected chi connectivity index (χ1v) is 7.81. The van der Waals surface area contributed by atoms with Crippen LogP contribution in [-0.4, -0.2) is 49.1 Å². The number of nitrogens with one attached hydrogen (secondary N) is 2. The molecule has 0 aliphatic rings. The number of hydrogen-bond acceptors (Lipinski definition) is 7. The fourth-order valence-corrected chi connectivity index (χ4v) is 1.97. The molecule has 0 aliphatic carbocycles. The standard InChI is InChI=1S/C16H22N4O6/c1-9(2)17-16(23)18-14(21)10(3)26-15(22)11-6-7-12(19(4)5)13(8-11)20(24)25/h6-10H,1-5H3,(H2,17,18,21,23)/t10-/m1/s1. The van der Waals surface area contributed by atoms with Crippen LogP contribution in [0.1, 0.15) is 31.1 Å². The smallest absolute Gasteiger partial charge is 0.339 e. The summed E-state index contributed by atoms with van der Waals surface area (Å²) in [6.45, 7) is 4.73. The first-order valence-electron chi connectivity index (χ1n) is 7.81. The Morgan fingerprint density at radius 3 is 2.31 bits per heavy atom. The lowest BCUT2D eigenvalue weighted by Crippen LogP contribution is -2.46. The minimum absolute atomic E-state index is 0.0754. The molecule has 0 saturated carbocycles. The van der Waals surface area contributed by atoms with Crippen LogP contribution >= 0.6 is 0 Å². The summed E-state index contributed by atoms with van der Waals surface area (Å²) in [7, 11) is 3.27. The Kier molecular flexibility index (Phi) is 7.06. The van der Waals surface area contributed by atoms with Gasteiger partial charge in [-0.2, -0.15) is 0 Å². The molecule has 0 unspecified atom stereocenters. The van der Waals surface area contributed by atoms with Gasteiger partial charge in [-0.3, -0.25) is 20.2 Å². The zero-order chi connectivity index (χ0) is 20.0. The third-order valence-corrected chi connectivity index (χ3v) is 3.20. The average Bonchev–Trinajstić information content (AvgIpc) is 2.52. The fourth-order valence-electron chi connectivity index (χ4n) is 1.97. The number of benzene rings is 1. The quantitative estimate of drug-likeness (QED) is 0.442. The molecule has 3 amide bonds. The predicted molar refractivity (Wildman–Crippen MR) is 94.1 cm³/mol. The maximum absolute atomic E-state index is 12.1. The van der Waals surface area contributed by atoms with Crippen molar-refractivity contribution in [2.24, 2.45) is 0 Å². The van der Waals surface area contributed by atoms with Gasteiger partial charge in [-0.25, -0.2) is 9.59 Å². The molecule has 0 saturated heterocycles. The monoisotopic (exact) mass is 366 g/mol. The van der Waals surface area contributed by atoms with Gasteiger partial charge in [0.05, 0.1) is 10.5 Å². The number of esters is 1. The summed E-state index contributed by atoms with van der Waals surface area (Å²) >= 11 is 0. The topological polar surface area (TPSA) is 131 Å². The van der Waals surface area contributed by atoms with Crippen molar-refractivity contribution < 1.29 is 24.0 Å². The van der Waals surface area contributed by atoms with Crippen LogP contribution in [-0.2, 0) is 9.53 Å². The van der Waals surface area contributed by atoms with Crippen LogP contribution < -0.4 is 15.5 Å². The fraction of sp³-hybridized carbons (Fsp3) is 0.438. The highest BCUT2D eigenvalue weighted by Gasteiger charge is 2.24. The molecule has 0 aromatic heterocycles. The van der Waals surface area contributed by atoms with Crippen LogP contribution in [0.2, 0.25) is 0 Å². The second kappa shape index (κ2) is 8.79. The molecule has 1 aromatic rings. The van der Waals surface area contributed by atoms with Crippen molar-refractivity contribution in [1.29, 1.82) is 0 Å². The number of ether oxygens (including phenoxy) is 1. The summed E-state index contributed by atoms with van der Waals surface area (Å²) in [4.78, 5) is 47.6. The van der Waals surface area contributed by atoms with Crippen LogP contribution in [0.4, 0.5) is 16.2 Å². The highest BCUT2D eigenvalue weighted by Crippen LogP contribution is 2.28. The summed E-state index contributed by atoms with van der Waals surface area (Å²) < 4.78 is 4.97. The zero-order valence-electron chi connectivity index (χ0n) is 15.2. The summed E-state index contributed by atoms with van der Waals surface area (Å²) in [5.74, 6) is -1.72. The molecule has 0 radical (unpaired) electrons. The van der Waals surface area contributed by atoms with Gasteiger partial charge in [0.2, 0.25) is 0 Å². The SMILES string of the molecule is CC(C)NC(=O)NC(=O)[C@@H](C)OC(=O)c1ccc(N(C)C)c([N+](=O)[O-])c1. The predicted octanol–water partition coefficient (Wildman–Crippen LogP) is 1.44. The first kappa shape index (κ1) is 20.9. The van der Waals surface area contributed by atoms with E-state index in [1.165, 1.54) is 24.0 Å². The van der Waals surface area contributed by atoms with E-state index in [1.807, 2.05) is 5.32 Å². The minimum atomic E-state index is -1.26. The van der Waals surface area contributed by atoms with Crippen LogP contribution in [0.25, 0.3) is 0 Å².